The summed E-state index contributed by atoms with van der Waals surface area (Å²) in [5.74, 6) is 0.142. The normalized spacial score (nSPS) is 10.0. The van der Waals surface area contributed by atoms with Gasteiger partial charge in [0, 0.05) is 19.5 Å². The van der Waals surface area contributed by atoms with Crippen molar-refractivity contribution in [1.29, 1.82) is 0 Å². The van der Waals surface area contributed by atoms with E-state index in [0.717, 1.165) is 5.56 Å². The van der Waals surface area contributed by atoms with E-state index in [2.05, 4.69) is 20.6 Å². The van der Waals surface area contributed by atoms with Crippen LogP contribution in [0.1, 0.15) is 17.4 Å². The molecule has 0 spiro atoms. The number of H-pyrrole nitrogens is 1. The van der Waals surface area contributed by atoms with Gasteiger partial charge >= 0.3 is 0 Å². The number of hydrogen-bond donors (Lipinski definition) is 3. The minimum absolute atomic E-state index is 0.228. The second-order valence-corrected chi connectivity index (χ2v) is 3.94. The molecule has 2 aromatic rings. The first-order valence-electron chi connectivity index (χ1n) is 5.77. The third kappa shape index (κ3) is 2.79. The fourth-order valence-electron chi connectivity index (χ4n) is 1.65. The number of aromatic nitrogens is 2. The molecule has 0 aliphatic carbocycles. The molecule has 0 bridgehead atoms. The van der Waals surface area contributed by atoms with Gasteiger partial charge in [-0.3, -0.25) is 9.59 Å². The van der Waals surface area contributed by atoms with Crippen LogP contribution in [0.2, 0.25) is 0 Å². The van der Waals surface area contributed by atoms with E-state index in [0.29, 0.717) is 5.82 Å². The lowest BCUT2D eigenvalue weighted by Crippen LogP contribution is -2.20. The molecule has 6 heteroatoms. The Kier molecular flexibility index (Phi) is 3.61. The number of benzene rings is 1. The van der Waals surface area contributed by atoms with Gasteiger partial charge in [-0.05, 0) is 0 Å². The average molecular weight is 258 g/mol. The Bertz CT molecular complexity index is 604. The van der Waals surface area contributed by atoms with Crippen LogP contribution in [0.3, 0.4) is 0 Å². The first-order chi connectivity index (χ1) is 9.11. The Labute approximate surface area is 110 Å². The lowest BCUT2D eigenvalue weighted by atomic mass is 10.2. The molecule has 3 N–H and O–H groups in total. The van der Waals surface area contributed by atoms with Crippen LogP contribution in [0.15, 0.2) is 30.3 Å². The van der Waals surface area contributed by atoms with Crippen molar-refractivity contribution in [2.24, 2.45) is 0 Å². The van der Waals surface area contributed by atoms with Crippen LogP contribution in [0.4, 0.5) is 5.82 Å². The maximum atomic E-state index is 11.7. The molecule has 19 heavy (non-hydrogen) atoms. The van der Waals surface area contributed by atoms with E-state index in [4.69, 9.17) is 0 Å². The largest absolute Gasteiger partial charge is 0.354 e. The highest BCUT2D eigenvalue weighted by atomic mass is 16.2. The van der Waals surface area contributed by atoms with E-state index in [-0.39, 0.29) is 23.3 Å². The number of imidazole rings is 1. The third-order valence-corrected chi connectivity index (χ3v) is 2.50. The first kappa shape index (κ1) is 12.8. The third-order valence-electron chi connectivity index (χ3n) is 2.50. The first-order valence-corrected chi connectivity index (χ1v) is 5.77. The highest BCUT2D eigenvalue weighted by Gasteiger charge is 2.17. The summed E-state index contributed by atoms with van der Waals surface area (Å²) >= 11 is 0. The minimum atomic E-state index is -0.335. The predicted octanol–water partition coefficient (Wildman–Crippen LogP) is 1.39. The number of nitrogens with zero attached hydrogens (tertiary/aromatic N) is 1. The maximum Gasteiger partial charge on any atom is 0.271 e. The molecule has 2 amide bonds. The van der Waals surface area contributed by atoms with Crippen LogP contribution in [0, 0.1) is 0 Å². The number of aromatic amines is 1. The van der Waals surface area contributed by atoms with Crippen molar-refractivity contribution < 1.29 is 9.59 Å². The van der Waals surface area contributed by atoms with Crippen molar-refractivity contribution in [3.63, 3.8) is 0 Å². The van der Waals surface area contributed by atoms with Gasteiger partial charge in [0.05, 0.1) is 0 Å². The standard InChI is InChI=1S/C13H14N4O2/c1-8(18)15-12-10(13(19)14-2)16-11(17-12)9-6-4-3-5-7-9/h3-7H,1-2H3,(H,14,19)(H,15,18)(H,16,17). The number of nitrogens with one attached hydrogen (secondary N) is 3. The van der Waals surface area contributed by atoms with E-state index in [9.17, 15) is 9.59 Å². The molecule has 0 fully saturated rings. The van der Waals surface area contributed by atoms with Gasteiger partial charge in [0.2, 0.25) is 5.91 Å². The fraction of sp³-hybridized carbons (Fsp3) is 0.154. The minimum Gasteiger partial charge on any atom is -0.354 e. The highest BCUT2D eigenvalue weighted by molar-refractivity contribution is 6.01. The van der Waals surface area contributed by atoms with Gasteiger partial charge in [-0.1, -0.05) is 30.3 Å². The monoisotopic (exact) mass is 258 g/mol. The second-order valence-electron chi connectivity index (χ2n) is 3.94. The summed E-state index contributed by atoms with van der Waals surface area (Å²) in [5.41, 5.74) is 1.07. The van der Waals surface area contributed by atoms with Gasteiger partial charge in [0.1, 0.15) is 11.5 Å². The predicted molar refractivity (Wildman–Crippen MR) is 71.7 cm³/mol. The smallest absolute Gasteiger partial charge is 0.271 e. The van der Waals surface area contributed by atoms with Crippen molar-refractivity contribution in [2.45, 2.75) is 6.92 Å². The maximum absolute atomic E-state index is 11.7. The molecule has 1 heterocycles. The molecule has 0 radical (unpaired) electrons. The zero-order valence-electron chi connectivity index (χ0n) is 10.7. The lowest BCUT2D eigenvalue weighted by molar-refractivity contribution is -0.114. The molecule has 1 aromatic carbocycles. The Balaban J connectivity index is 2.45. The van der Waals surface area contributed by atoms with Crippen LogP contribution < -0.4 is 10.6 Å². The molecule has 2 rings (SSSR count). The summed E-state index contributed by atoms with van der Waals surface area (Å²) in [6, 6.07) is 9.36. The Morgan fingerprint density at radius 3 is 2.47 bits per heavy atom. The van der Waals surface area contributed by atoms with E-state index < -0.39 is 0 Å². The fourth-order valence-corrected chi connectivity index (χ4v) is 1.65. The molecule has 0 atom stereocenters. The topological polar surface area (TPSA) is 86.9 Å². The Morgan fingerprint density at radius 1 is 1.21 bits per heavy atom. The van der Waals surface area contributed by atoms with Gasteiger partial charge < -0.3 is 15.6 Å². The van der Waals surface area contributed by atoms with Crippen LogP contribution in [0.5, 0.6) is 0 Å². The molecule has 0 aliphatic rings. The molecule has 0 saturated carbocycles. The van der Waals surface area contributed by atoms with Gasteiger partial charge in [-0.15, -0.1) is 0 Å². The summed E-state index contributed by atoms with van der Waals surface area (Å²) in [4.78, 5) is 30.0. The highest BCUT2D eigenvalue weighted by Crippen LogP contribution is 2.21. The van der Waals surface area contributed by atoms with Crippen molar-refractivity contribution in [3.05, 3.63) is 36.0 Å². The average Bonchev–Trinajstić information content (AvgIpc) is 2.82. The molecule has 1 aromatic heterocycles. The Morgan fingerprint density at radius 2 is 1.89 bits per heavy atom. The number of hydrogen-bond acceptors (Lipinski definition) is 3. The zero-order chi connectivity index (χ0) is 13.8. The molecule has 0 saturated heterocycles. The number of rotatable bonds is 3. The van der Waals surface area contributed by atoms with E-state index in [1.54, 1.807) is 0 Å². The quantitative estimate of drug-likeness (QED) is 0.777. The van der Waals surface area contributed by atoms with Gasteiger partial charge in [0.25, 0.3) is 5.91 Å². The van der Waals surface area contributed by atoms with Crippen molar-refractivity contribution >= 4 is 17.6 Å². The van der Waals surface area contributed by atoms with Crippen molar-refractivity contribution in [2.75, 3.05) is 12.4 Å². The number of carbonyl (C=O) groups is 2. The molecule has 0 unspecified atom stereocenters. The lowest BCUT2D eigenvalue weighted by Gasteiger charge is -2.00. The van der Waals surface area contributed by atoms with Crippen LogP contribution in [-0.4, -0.2) is 28.8 Å². The van der Waals surface area contributed by atoms with Crippen LogP contribution in [-0.2, 0) is 4.79 Å². The number of anilines is 1. The van der Waals surface area contributed by atoms with Crippen LogP contribution in [0.25, 0.3) is 11.4 Å². The van der Waals surface area contributed by atoms with E-state index in [1.165, 1.54) is 14.0 Å². The molecule has 6 nitrogen and oxygen atoms in total. The summed E-state index contributed by atoms with van der Waals surface area (Å²) < 4.78 is 0. The molecule has 0 aliphatic heterocycles. The molecular formula is C13H14N4O2. The Hall–Kier alpha value is -2.63. The van der Waals surface area contributed by atoms with Gasteiger partial charge in [-0.25, -0.2) is 4.98 Å². The van der Waals surface area contributed by atoms with Crippen molar-refractivity contribution in [3.8, 4) is 11.4 Å². The van der Waals surface area contributed by atoms with E-state index >= 15 is 0 Å². The molecular weight excluding hydrogens is 244 g/mol. The van der Waals surface area contributed by atoms with Gasteiger partial charge in [-0.2, -0.15) is 0 Å². The van der Waals surface area contributed by atoms with E-state index in [1.807, 2.05) is 30.3 Å². The van der Waals surface area contributed by atoms with Crippen LogP contribution >= 0.6 is 0 Å². The second kappa shape index (κ2) is 5.34. The van der Waals surface area contributed by atoms with Gasteiger partial charge in [0.15, 0.2) is 5.82 Å². The SMILES string of the molecule is CNC(=O)c1[nH]c(-c2ccccc2)nc1NC(C)=O. The summed E-state index contributed by atoms with van der Waals surface area (Å²) in [5, 5.41) is 5.03. The zero-order valence-corrected chi connectivity index (χ0v) is 10.7. The summed E-state index contributed by atoms with van der Waals surface area (Å²) in [6.07, 6.45) is 0. The van der Waals surface area contributed by atoms with Crippen molar-refractivity contribution in [1.82, 2.24) is 15.3 Å². The number of carbonyl (C=O) groups excluding carboxylic acids is 2. The molecule has 98 valence electrons. The summed E-state index contributed by atoms with van der Waals surface area (Å²) in [6.45, 7) is 1.37. The summed E-state index contributed by atoms with van der Waals surface area (Å²) in [7, 11) is 1.52. The number of amides is 2.